The fraction of sp³-hybridized carbons (Fsp3) is 0. The molecule has 0 rings (SSSR count). The third-order valence-electron chi connectivity index (χ3n) is 0. The predicted octanol–water partition coefficient (Wildman–Crippen LogP) is 0.785. The van der Waals surface area contributed by atoms with Crippen LogP contribution in [0.2, 0.25) is 0 Å². The van der Waals surface area contributed by atoms with Crippen molar-refractivity contribution < 1.29 is 8.63 Å². The lowest BCUT2D eigenvalue weighted by Gasteiger charge is -1.61. The minimum atomic E-state index is -2.75. The van der Waals surface area contributed by atoms with Crippen LogP contribution in [0.4, 0.5) is 8.63 Å². The van der Waals surface area contributed by atoms with Gasteiger partial charge in [-0.25, -0.2) is 0 Å². The third kappa shape index (κ3) is 34.3. The molecule has 0 aliphatic carbocycles. The monoisotopic (exact) mass is 85.0 g/mol. The Bertz CT molecular complexity index is 32.5. The van der Waals surface area contributed by atoms with Gasteiger partial charge in [-0.15, -0.1) is 0 Å². The Kier molecular flexibility index (Phi) is 0.706. The van der Waals surface area contributed by atoms with Crippen LogP contribution in [0.3, 0.4) is 0 Å². The summed E-state index contributed by atoms with van der Waals surface area (Å²) in [5.41, 5.74) is 0. The summed E-state index contributed by atoms with van der Waals surface area (Å²) < 4.78 is 33.7. The number of hydrogen-bond acceptors (Lipinski definition) is 0. The second-order valence-electron chi connectivity index (χ2n) is 0.278. The molecule has 0 radical (unpaired) electrons. The molecule has 0 aromatic heterocycles. The largest absolute Gasteiger partial charge is 0.557 e. The van der Waals surface area contributed by atoms with Gasteiger partial charge in [0, 0.05) is 0 Å². The van der Waals surface area contributed by atoms with Crippen LogP contribution >= 0.6 is 9.01 Å². The molecule has 4 heteroatoms. The summed E-state index contributed by atoms with van der Waals surface area (Å²) in [4.78, 5) is 0. The van der Waals surface area contributed by atoms with Gasteiger partial charge in [0.15, 0.2) is 0 Å². The molecule has 0 nitrogen and oxygen atoms in total. The van der Waals surface area contributed by atoms with Gasteiger partial charge in [0.25, 0.3) is 0 Å². The van der Waals surface area contributed by atoms with Crippen molar-refractivity contribution in [2.45, 2.75) is 0 Å². The van der Waals surface area contributed by atoms with Crippen LogP contribution < -0.4 is 0 Å². The van der Waals surface area contributed by atoms with E-state index in [0.29, 0.717) is 0 Å². The molecule has 1 unspecified atom stereocenters. The van der Waals surface area contributed by atoms with E-state index in [4.69, 9.17) is 2.56 Å². The molecule has 0 amide bonds. The van der Waals surface area contributed by atoms with Gasteiger partial charge < -0.3 is 0 Å². The van der Waals surface area contributed by atoms with Crippen molar-refractivity contribution >= 4 is 16.0 Å². The van der Waals surface area contributed by atoms with E-state index in [9.17, 15) is 8.63 Å². The van der Waals surface area contributed by atoms with Crippen LogP contribution in [0.5, 0.6) is 0 Å². The fourth-order valence-corrected chi connectivity index (χ4v) is 0. The lowest BCUT2D eigenvalue weighted by molar-refractivity contribution is 0.700. The lowest BCUT2D eigenvalue weighted by Crippen LogP contribution is -1.71. The van der Waals surface area contributed by atoms with E-state index in [1.807, 2.05) is 0 Å². The van der Waals surface area contributed by atoms with Crippen LogP contribution in [0.25, 0.3) is 0 Å². The molecule has 24 valence electrons. The molecule has 0 N–H and O–H groups in total. The Balaban J connectivity index is 2.99. The molecule has 0 saturated heterocycles. The summed E-state index contributed by atoms with van der Waals surface area (Å²) in [7, 11) is -2.49. The van der Waals surface area contributed by atoms with Crippen molar-refractivity contribution in [3.8, 4) is 0 Å². The fourth-order valence-electron chi connectivity index (χ4n) is 0. The molecule has 0 aromatic carbocycles. The molecule has 0 bridgehead atoms. The highest BCUT2D eigenvalue weighted by molar-refractivity contribution is 7.58. The third-order valence-corrected chi connectivity index (χ3v) is 0. The Hall–Kier alpha value is 0.355. The molecular weight excluding hydrogens is 79.8 g/mol. The van der Waals surface area contributed by atoms with Crippen LogP contribution in [0, 0.1) is 0 Å². The van der Waals surface area contributed by atoms with Crippen molar-refractivity contribution in [3.63, 3.8) is 0 Å². The molecule has 0 saturated carbocycles. The molecule has 4 heavy (non-hydrogen) atoms. The first-order valence-corrected chi connectivity index (χ1v) is 1.21. The average molecular weight is 84.8 g/mol. The van der Waals surface area contributed by atoms with Gasteiger partial charge >= 0.3 is 6.99 Å². The molecule has 1 atom stereocenters. The SMILES string of the molecule is [2H]P([3H])B(F)F. The molecule has 0 fully saturated rings. The first-order valence-electron chi connectivity index (χ1n) is 1.59. The maximum absolute atomic E-state index is 10.8. The molecule has 0 aliphatic heterocycles. The quantitative estimate of drug-likeness (QED) is 0.326. The Morgan fingerprint density at radius 2 is 2.75 bits per heavy atom. The standard InChI is InChI=1S/BF2H2P/c2-1(3)4/h4H2/i4TD. The summed E-state index contributed by atoms with van der Waals surface area (Å²) in [6, 6.07) is 0. The lowest BCUT2D eigenvalue weighted by atomic mass is 10.5. The Labute approximate surface area is 28.5 Å². The van der Waals surface area contributed by atoms with Gasteiger partial charge in [0.05, 0.1) is 2.56 Å². The maximum atomic E-state index is 10.8. The van der Waals surface area contributed by atoms with Gasteiger partial charge in [-0.2, -0.15) is 0 Å². The van der Waals surface area contributed by atoms with Crippen LogP contribution in [-0.4, -0.2) is 9.54 Å². The highest BCUT2D eigenvalue weighted by Crippen LogP contribution is 1.91. The van der Waals surface area contributed by atoms with E-state index in [0.717, 1.165) is 0 Å². The minimum Gasteiger partial charge on any atom is -0.282 e. The number of hydrogen-bond donors (Lipinski definition) is 0. The minimum absolute atomic E-state index is 2.49. The average Bonchev–Trinajstić information content (AvgIpc) is 1.36. The summed E-state index contributed by atoms with van der Waals surface area (Å²) in [5, 5.41) is 0. The highest BCUT2D eigenvalue weighted by atomic mass is 31.0. The predicted molar refractivity (Wildman–Crippen MR) is 17.7 cm³/mol. The van der Waals surface area contributed by atoms with Gasteiger partial charge in [0.1, 0.15) is 0 Å². The summed E-state index contributed by atoms with van der Waals surface area (Å²) in [6.07, 6.45) is 0. The Morgan fingerprint density at radius 3 is 2.75 bits per heavy atom. The van der Waals surface area contributed by atoms with E-state index in [2.05, 4.69) is 0 Å². The Morgan fingerprint density at radius 1 is 2.50 bits per heavy atom. The van der Waals surface area contributed by atoms with Gasteiger partial charge in [-0.3, -0.25) is 8.63 Å². The smallest absolute Gasteiger partial charge is 0.282 e. The highest BCUT2D eigenvalue weighted by Gasteiger charge is 1.95. The second-order valence-corrected chi connectivity index (χ2v) is 0.668. The number of halogens is 2. The van der Waals surface area contributed by atoms with Gasteiger partial charge in [0.2, 0.25) is 0 Å². The van der Waals surface area contributed by atoms with Crippen LogP contribution in [-0.2, 0) is 0 Å². The topological polar surface area (TPSA) is 0 Å². The van der Waals surface area contributed by atoms with Crippen molar-refractivity contribution in [1.29, 1.82) is 2.56 Å². The van der Waals surface area contributed by atoms with E-state index in [1.165, 1.54) is 0 Å². The van der Waals surface area contributed by atoms with Crippen molar-refractivity contribution in [2.75, 3.05) is 0 Å². The zero-order chi connectivity index (χ0) is 5.15. The van der Waals surface area contributed by atoms with E-state index >= 15 is 0 Å². The number of rotatable bonds is 1. The molecule has 0 spiro atoms. The molecule has 0 heterocycles. The zero-order valence-electron chi connectivity index (χ0n) is 3.78. The van der Waals surface area contributed by atoms with Crippen molar-refractivity contribution in [1.82, 2.24) is 0 Å². The van der Waals surface area contributed by atoms with Crippen LogP contribution in [0.15, 0.2) is 0 Å². The van der Waals surface area contributed by atoms with Crippen molar-refractivity contribution in [3.05, 3.63) is 0 Å². The summed E-state index contributed by atoms with van der Waals surface area (Å²) in [5.74, 6) is 0. The molecule has 0 aliphatic rings. The molecular formula is H2BF2P. The summed E-state index contributed by atoms with van der Waals surface area (Å²) in [6.45, 7) is -2.75. The van der Waals surface area contributed by atoms with Crippen LogP contribution in [0.1, 0.15) is 0 Å². The normalized spacial score (nSPS) is 21.5. The van der Waals surface area contributed by atoms with E-state index in [-0.39, 0.29) is 0 Å². The molecule has 0 aromatic rings. The zero-order valence-corrected chi connectivity index (χ0v) is 2.67. The van der Waals surface area contributed by atoms with E-state index < -0.39 is 16.0 Å². The summed E-state index contributed by atoms with van der Waals surface area (Å²) >= 11 is 0. The van der Waals surface area contributed by atoms with E-state index in [1.54, 1.807) is 0 Å². The first-order chi connectivity index (χ1) is 2.64. The first kappa shape index (κ1) is 1.71. The van der Waals surface area contributed by atoms with Gasteiger partial charge in [-0.05, 0) is 0 Å². The maximum Gasteiger partial charge on any atom is 0.557 e. The second kappa shape index (κ2) is 1.65. The van der Waals surface area contributed by atoms with Gasteiger partial charge in [-0.1, -0.05) is 9.01 Å². The van der Waals surface area contributed by atoms with Crippen molar-refractivity contribution in [2.24, 2.45) is 0 Å².